The number of likely N-dealkylation sites (tertiary alicyclic amines) is 1. The van der Waals surface area contributed by atoms with Crippen molar-refractivity contribution < 1.29 is 16.9 Å². The van der Waals surface area contributed by atoms with Gasteiger partial charge >= 0.3 is 0 Å². The van der Waals surface area contributed by atoms with Gasteiger partial charge in [-0.05, 0) is 25.7 Å². The third kappa shape index (κ3) is 3.44. The fraction of sp³-hybridized carbons (Fsp3) is 1.00. The van der Waals surface area contributed by atoms with Crippen molar-refractivity contribution in [1.82, 2.24) is 0 Å². The summed E-state index contributed by atoms with van der Waals surface area (Å²) < 4.78 is 1.34. The Morgan fingerprint density at radius 2 is 1.64 bits per heavy atom. The Labute approximate surface area is 76.8 Å². The molecule has 0 atom stereocenters. The number of rotatable bonds is 2. The minimum Gasteiger partial charge on any atom is -1.00 e. The summed E-state index contributed by atoms with van der Waals surface area (Å²) in [5.74, 6) is 0. The predicted molar refractivity (Wildman–Crippen MR) is 44.9 cm³/mol. The first-order chi connectivity index (χ1) is 4.77. The second-order valence-electron chi connectivity index (χ2n) is 3.85. The fourth-order valence-electron chi connectivity index (χ4n) is 2.04. The van der Waals surface area contributed by atoms with Crippen molar-refractivity contribution in [1.29, 1.82) is 0 Å². The summed E-state index contributed by atoms with van der Waals surface area (Å²) in [4.78, 5) is 0. The molecule has 0 unspecified atom stereocenters. The van der Waals surface area contributed by atoms with Gasteiger partial charge in [-0.1, -0.05) is 6.92 Å². The first-order valence-corrected chi connectivity index (χ1v) is 4.60. The Kier molecular flexibility index (Phi) is 5.11. The van der Waals surface area contributed by atoms with Crippen molar-refractivity contribution in [3.05, 3.63) is 0 Å². The SMILES string of the molecule is CCC[N+]1(C)CCCCC1.[Cl-]. The Morgan fingerprint density at radius 1 is 1.09 bits per heavy atom. The van der Waals surface area contributed by atoms with E-state index in [0.717, 1.165) is 0 Å². The molecule has 0 aliphatic carbocycles. The molecule has 11 heavy (non-hydrogen) atoms. The lowest BCUT2D eigenvalue weighted by Crippen LogP contribution is -3.00. The molecule has 1 nitrogen and oxygen atoms in total. The van der Waals surface area contributed by atoms with Gasteiger partial charge in [-0.15, -0.1) is 0 Å². The molecule has 0 aromatic rings. The maximum Gasteiger partial charge on any atom is 0.0784 e. The second kappa shape index (κ2) is 5.00. The molecule has 0 aromatic heterocycles. The summed E-state index contributed by atoms with van der Waals surface area (Å²) in [6, 6.07) is 0. The zero-order chi connectivity index (χ0) is 7.45. The second-order valence-corrected chi connectivity index (χ2v) is 3.85. The van der Waals surface area contributed by atoms with Gasteiger partial charge in [0, 0.05) is 0 Å². The van der Waals surface area contributed by atoms with Crippen molar-refractivity contribution in [2.75, 3.05) is 26.7 Å². The summed E-state index contributed by atoms with van der Waals surface area (Å²) >= 11 is 0. The summed E-state index contributed by atoms with van der Waals surface area (Å²) in [6.45, 7) is 6.53. The Morgan fingerprint density at radius 3 is 2.09 bits per heavy atom. The molecule has 1 aliphatic rings. The third-order valence-corrected chi connectivity index (χ3v) is 2.66. The molecular weight excluding hydrogens is 158 g/mol. The highest BCUT2D eigenvalue weighted by atomic mass is 35.5. The molecular formula is C9H20ClN. The van der Waals surface area contributed by atoms with E-state index in [1.807, 2.05) is 0 Å². The molecule has 0 saturated carbocycles. The molecule has 2 heteroatoms. The van der Waals surface area contributed by atoms with Crippen LogP contribution in [0.1, 0.15) is 32.6 Å². The molecule has 1 aliphatic heterocycles. The van der Waals surface area contributed by atoms with Gasteiger partial charge in [-0.25, -0.2) is 0 Å². The lowest BCUT2D eigenvalue weighted by Gasteiger charge is -2.37. The molecule has 68 valence electrons. The summed E-state index contributed by atoms with van der Waals surface area (Å²) in [5, 5.41) is 0. The molecule has 0 radical (unpaired) electrons. The minimum atomic E-state index is 0. The monoisotopic (exact) mass is 177 g/mol. The van der Waals surface area contributed by atoms with Gasteiger partial charge in [0.05, 0.1) is 26.7 Å². The fourth-order valence-corrected chi connectivity index (χ4v) is 2.04. The van der Waals surface area contributed by atoms with Gasteiger partial charge in [0.2, 0.25) is 0 Å². The van der Waals surface area contributed by atoms with Crippen LogP contribution >= 0.6 is 0 Å². The smallest absolute Gasteiger partial charge is 0.0784 e. The number of piperidine rings is 1. The Hall–Kier alpha value is 0.250. The van der Waals surface area contributed by atoms with E-state index in [-0.39, 0.29) is 12.4 Å². The highest BCUT2D eigenvalue weighted by molar-refractivity contribution is 4.50. The number of nitrogens with zero attached hydrogens (tertiary/aromatic N) is 1. The van der Waals surface area contributed by atoms with E-state index >= 15 is 0 Å². The normalized spacial score (nSPS) is 22.4. The minimum absolute atomic E-state index is 0. The lowest BCUT2D eigenvalue weighted by molar-refractivity contribution is -0.914. The van der Waals surface area contributed by atoms with Crippen LogP contribution in [-0.4, -0.2) is 31.2 Å². The third-order valence-electron chi connectivity index (χ3n) is 2.66. The average molecular weight is 178 g/mol. The van der Waals surface area contributed by atoms with E-state index in [1.54, 1.807) is 0 Å². The van der Waals surface area contributed by atoms with Crippen LogP contribution < -0.4 is 12.4 Å². The van der Waals surface area contributed by atoms with Crippen LogP contribution in [0.5, 0.6) is 0 Å². The Balaban J connectivity index is 0.000001000. The maximum absolute atomic E-state index is 2.41. The highest BCUT2D eigenvalue weighted by Gasteiger charge is 2.22. The molecule has 1 rings (SSSR count). The zero-order valence-electron chi connectivity index (χ0n) is 7.77. The van der Waals surface area contributed by atoms with Crippen LogP contribution in [0, 0.1) is 0 Å². The Bertz CT molecular complexity index is 92.2. The van der Waals surface area contributed by atoms with Gasteiger partial charge in [-0.3, -0.25) is 0 Å². The average Bonchev–Trinajstić information content (AvgIpc) is 1.89. The standard InChI is InChI=1S/C9H20N.ClH/c1-3-7-10(2)8-5-4-6-9-10;/h3-9H2,1-2H3;1H/q+1;/p-1. The number of hydrogen-bond donors (Lipinski definition) is 0. The van der Waals surface area contributed by atoms with Crippen molar-refractivity contribution in [2.45, 2.75) is 32.6 Å². The zero-order valence-corrected chi connectivity index (χ0v) is 8.53. The van der Waals surface area contributed by atoms with Crippen molar-refractivity contribution in [3.8, 4) is 0 Å². The lowest BCUT2D eigenvalue weighted by atomic mass is 10.1. The van der Waals surface area contributed by atoms with E-state index in [1.165, 1.54) is 49.8 Å². The quantitative estimate of drug-likeness (QED) is 0.477. The van der Waals surface area contributed by atoms with E-state index in [4.69, 9.17) is 0 Å². The number of quaternary nitrogens is 1. The highest BCUT2D eigenvalue weighted by Crippen LogP contribution is 2.15. The van der Waals surface area contributed by atoms with Gasteiger partial charge in [0.1, 0.15) is 0 Å². The first kappa shape index (κ1) is 11.2. The molecule has 1 heterocycles. The van der Waals surface area contributed by atoms with Crippen LogP contribution in [0.2, 0.25) is 0 Å². The van der Waals surface area contributed by atoms with E-state index < -0.39 is 0 Å². The predicted octanol–water partition coefficient (Wildman–Crippen LogP) is -0.969. The van der Waals surface area contributed by atoms with Crippen molar-refractivity contribution in [3.63, 3.8) is 0 Å². The van der Waals surface area contributed by atoms with E-state index in [2.05, 4.69) is 14.0 Å². The van der Waals surface area contributed by atoms with Gasteiger partial charge in [0.25, 0.3) is 0 Å². The molecule has 1 saturated heterocycles. The van der Waals surface area contributed by atoms with E-state index in [9.17, 15) is 0 Å². The molecule has 0 N–H and O–H groups in total. The first-order valence-electron chi connectivity index (χ1n) is 4.60. The summed E-state index contributed by atoms with van der Waals surface area (Å²) in [7, 11) is 2.41. The van der Waals surface area contributed by atoms with Crippen molar-refractivity contribution in [2.24, 2.45) is 0 Å². The van der Waals surface area contributed by atoms with Crippen LogP contribution in [0.25, 0.3) is 0 Å². The molecule has 0 aromatic carbocycles. The van der Waals surface area contributed by atoms with Crippen LogP contribution in [0.4, 0.5) is 0 Å². The largest absolute Gasteiger partial charge is 1.00 e. The van der Waals surface area contributed by atoms with Crippen LogP contribution in [0.3, 0.4) is 0 Å². The molecule has 0 spiro atoms. The number of hydrogen-bond acceptors (Lipinski definition) is 0. The van der Waals surface area contributed by atoms with Crippen LogP contribution in [-0.2, 0) is 0 Å². The number of halogens is 1. The van der Waals surface area contributed by atoms with E-state index in [0.29, 0.717) is 0 Å². The topological polar surface area (TPSA) is 0 Å². The van der Waals surface area contributed by atoms with Gasteiger partial charge in [-0.2, -0.15) is 0 Å². The molecule has 0 bridgehead atoms. The molecule has 1 fully saturated rings. The summed E-state index contributed by atoms with van der Waals surface area (Å²) in [6.07, 6.45) is 5.72. The van der Waals surface area contributed by atoms with Gasteiger partial charge < -0.3 is 16.9 Å². The van der Waals surface area contributed by atoms with Crippen molar-refractivity contribution >= 4 is 0 Å². The van der Waals surface area contributed by atoms with Gasteiger partial charge in [0.15, 0.2) is 0 Å². The molecule has 0 amide bonds. The van der Waals surface area contributed by atoms with Crippen LogP contribution in [0.15, 0.2) is 0 Å². The maximum atomic E-state index is 2.41. The summed E-state index contributed by atoms with van der Waals surface area (Å²) in [5.41, 5.74) is 0.